The summed E-state index contributed by atoms with van der Waals surface area (Å²) in [6.07, 6.45) is 7.67. The Bertz CT molecular complexity index is 756. The maximum atomic E-state index is 4.62. The van der Waals surface area contributed by atoms with Gasteiger partial charge in [0.15, 0.2) is 0 Å². The number of likely N-dealkylation sites (N-methyl/N-ethyl adjacent to an activating group) is 1. The van der Waals surface area contributed by atoms with Gasteiger partial charge in [0.2, 0.25) is 0 Å². The largest absolute Gasteiger partial charge is 0.297 e. The van der Waals surface area contributed by atoms with Gasteiger partial charge in [0, 0.05) is 17.8 Å². The molecule has 3 heteroatoms. The van der Waals surface area contributed by atoms with Crippen LogP contribution in [0.25, 0.3) is 11.3 Å². The Morgan fingerprint density at radius 2 is 2.00 bits per heavy atom. The molecule has 0 saturated carbocycles. The van der Waals surface area contributed by atoms with Crippen LogP contribution in [0, 0.1) is 13.8 Å². The molecule has 2 aromatic rings. The van der Waals surface area contributed by atoms with Crippen molar-refractivity contribution in [1.29, 1.82) is 0 Å². The van der Waals surface area contributed by atoms with E-state index >= 15 is 0 Å². The first-order chi connectivity index (χ1) is 11.1. The molecule has 3 nitrogen and oxygen atoms in total. The van der Waals surface area contributed by atoms with Gasteiger partial charge in [-0.2, -0.15) is 5.10 Å². The Morgan fingerprint density at radius 3 is 2.74 bits per heavy atom. The minimum Gasteiger partial charge on any atom is -0.297 e. The molecular formula is C20H25N3. The highest BCUT2D eigenvalue weighted by atomic mass is 15.3. The summed E-state index contributed by atoms with van der Waals surface area (Å²) in [6.45, 7) is 4.17. The summed E-state index contributed by atoms with van der Waals surface area (Å²) in [7, 11) is 2.29. The van der Waals surface area contributed by atoms with Gasteiger partial charge in [0.25, 0.3) is 0 Å². The van der Waals surface area contributed by atoms with Crippen LogP contribution in [-0.4, -0.2) is 33.8 Å². The summed E-state index contributed by atoms with van der Waals surface area (Å²) < 4.78 is 2.05. The van der Waals surface area contributed by atoms with E-state index in [-0.39, 0.29) is 0 Å². The summed E-state index contributed by atoms with van der Waals surface area (Å²) in [6, 6.07) is 12.3. The minimum absolute atomic E-state index is 0.620. The molecule has 0 amide bonds. The van der Waals surface area contributed by atoms with E-state index in [4.69, 9.17) is 0 Å². The van der Waals surface area contributed by atoms with E-state index in [1.807, 2.05) is 6.92 Å². The highest BCUT2D eigenvalue weighted by Crippen LogP contribution is 2.36. The molecule has 0 radical (unpaired) electrons. The quantitative estimate of drug-likeness (QED) is 0.832. The maximum absolute atomic E-state index is 4.62. The van der Waals surface area contributed by atoms with Gasteiger partial charge in [0.1, 0.15) is 0 Å². The number of rotatable bonds is 2. The molecular weight excluding hydrogens is 282 g/mol. The second kappa shape index (κ2) is 5.64. The number of fused-ring (bicyclic) bond motifs is 2. The van der Waals surface area contributed by atoms with E-state index in [0.717, 1.165) is 11.4 Å². The number of aromatic nitrogens is 2. The van der Waals surface area contributed by atoms with Gasteiger partial charge < -0.3 is 0 Å². The number of aryl methyl sites for hydroxylation is 2. The number of hydrogen-bond acceptors (Lipinski definition) is 2. The van der Waals surface area contributed by atoms with Crippen molar-refractivity contribution in [2.45, 2.75) is 51.6 Å². The zero-order valence-corrected chi connectivity index (χ0v) is 14.3. The lowest BCUT2D eigenvalue weighted by molar-refractivity contribution is 0.137. The molecule has 23 heavy (non-hydrogen) atoms. The van der Waals surface area contributed by atoms with Crippen LogP contribution in [0.5, 0.6) is 0 Å². The second-order valence-corrected chi connectivity index (χ2v) is 7.10. The smallest absolute Gasteiger partial charge is 0.0654 e. The Hall–Kier alpha value is -1.87. The number of nitrogens with zero attached hydrogens (tertiary/aromatic N) is 3. The van der Waals surface area contributed by atoms with Crippen LogP contribution in [-0.2, 0) is 0 Å². The van der Waals surface area contributed by atoms with Crippen molar-refractivity contribution in [3.05, 3.63) is 53.4 Å². The third-order valence-electron chi connectivity index (χ3n) is 5.46. The monoisotopic (exact) mass is 307 g/mol. The van der Waals surface area contributed by atoms with E-state index in [2.05, 4.69) is 65.1 Å². The van der Waals surface area contributed by atoms with Gasteiger partial charge in [-0.25, -0.2) is 4.68 Å². The molecule has 0 N–H and O–H groups in total. The van der Waals surface area contributed by atoms with Crippen molar-refractivity contribution >= 4 is 5.57 Å². The molecule has 2 atom stereocenters. The average Bonchev–Trinajstić information content (AvgIpc) is 2.86. The van der Waals surface area contributed by atoms with Crippen LogP contribution >= 0.6 is 0 Å². The predicted octanol–water partition coefficient (Wildman–Crippen LogP) is 4.13. The van der Waals surface area contributed by atoms with Gasteiger partial charge in [-0.15, -0.1) is 0 Å². The summed E-state index contributed by atoms with van der Waals surface area (Å²) in [5.41, 5.74) is 6.30. The van der Waals surface area contributed by atoms with Crippen molar-refractivity contribution in [2.75, 3.05) is 7.05 Å². The van der Waals surface area contributed by atoms with E-state index < -0.39 is 0 Å². The van der Waals surface area contributed by atoms with Crippen LogP contribution in [0.3, 0.4) is 0 Å². The molecule has 1 fully saturated rings. The Morgan fingerprint density at radius 1 is 1.13 bits per heavy atom. The summed E-state index contributed by atoms with van der Waals surface area (Å²) >= 11 is 0. The first-order valence-corrected chi connectivity index (χ1v) is 8.68. The Labute approximate surface area is 138 Å². The molecule has 2 aliphatic rings. The lowest BCUT2D eigenvalue weighted by Gasteiger charge is -2.42. The predicted molar refractivity (Wildman–Crippen MR) is 94.8 cm³/mol. The lowest BCUT2D eigenvalue weighted by atomic mass is 9.83. The van der Waals surface area contributed by atoms with Crippen LogP contribution in [0.2, 0.25) is 0 Å². The molecule has 120 valence electrons. The molecule has 4 rings (SSSR count). The zero-order valence-electron chi connectivity index (χ0n) is 14.3. The van der Waals surface area contributed by atoms with Crippen molar-refractivity contribution in [3.8, 4) is 5.69 Å². The van der Waals surface area contributed by atoms with E-state index in [0.29, 0.717) is 12.1 Å². The van der Waals surface area contributed by atoms with Gasteiger partial charge in [-0.1, -0.05) is 24.6 Å². The SMILES string of the molecule is Cc1cc(C)n(-c2cccc(C3=CC4CCCC(C3)N4C)c2)n1. The Balaban J connectivity index is 1.71. The van der Waals surface area contributed by atoms with Crippen molar-refractivity contribution in [2.24, 2.45) is 0 Å². The summed E-state index contributed by atoms with van der Waals surface area (Å²) in [5.74, 6) is 0. The van der Waals surface area contributed by atoms with Gasteiger partial charge in [-0.05, 0) is 69.5 Å². The fourth-order valence-corrected chi connectivity index (χ4v) is 4.18. The third-order valence-corrected chi connectivity index (χ3v) is 5.46. The van der Waals surface area contributed by atoms with Gasteiger partial charge in [0.05, 0.1) is 11.4 Å². The van der Waals surface area contributed by atoms with Crippen molar-refractivity contribution in [1.82, 2.24) is 14.7 Å². The van der Waals surface area contributed by atoms with Crippen molar-refractivity contribution in [3.63, 3.8) is 0 Å². The third kappa shape index (κ3) is 2.63. The zero-order chi connectivity index (χ0) is 16.0. The molecule has 2 bridgehead atoms. The molecule has 1 saturated heterocycles. The van der Waals surface area contributed by atoms with Gasteiger partial charge >= 0.3 is 0 Å². The van der Waals surface area contributed by atoms with Crippen LogP contribution < -0.4 is 0 Å². The van der Waals surface area contributed by atoms with E-state index in [1.54, 1.807) is 0 Å². The topological polar surface area (TPSA) is 21.1 Å². The van der Waals surface area contributed by atoms with Crippen molar-refractivity contribution < 1.29 is 0 Å². The molecule has 2 aliphatic heterocycles. The second-order valence-electron chi connectivity index (χ2n) is 7.10. The van der Waals surface area contributed by atoms with Crippen LogP contribution in [0.1, 0.15) is 42.6 Å². The molecule has 2 unspecified atom stereocenters. The van der Waals surface area contributed by atoms with Crippen LogP contribution in [0.4, 0.5) is 0 Å². The highest BCUT2D eigenvalue weighted by molar-refractivity contribution is 5.69. The average molecular weight is 307 g/mol. The number of hydrogen-bond donors (Lipinski definition) is 0. The highest BCUT2D eigenvalue weighted by Gasteiger charge is 2.31. The number of piperidine rings is 1. The standard InChI is InChI=1S/C20H25N3/c1-14-10-15(2)23(21-14)20-9-4-6-16(11-20)17-12-18-7-5-8-19(13-17)22(18)3/h4,6,9-12,18-19H,5,7-8,13H2,1-3H3. The summed E-state index contributed by atoms with van der Waals surface area (Å²) in [5, 5.41) is 4.62. The maximum Gasteiger partial charge on any atom is 0.0654 e. The van der Waals surface area contributed by atoms with Crippen LogP contribution in [0.15, 0.2) is 36.4 Å². The normalized spacial score (nSPS) is 24.6. The molecule has 1 aromatic carbocycles. The molecule has 0 spiro atoms. The van der Waals surface area contributed by atoms with Gasteiger partial charge in [-0.3, -0.25) is 4.90 Å². The Kier molecular flexibility index (Phi) is 3.61. The molecule has 0 aliphatic carbocycles. The van der Waals surface area contributed by atoms with E-state index in [9.17, 15) is 0 Å². The lowest BCUT2D eigenvalue weighted by Crippen LogP contribution is -2.45. The summed E-state index contributed by atoms with van der Waals surface area (Å²) in [4.78, 5) is 2.57. The minimum atomic E-state index is 0.620. The first-order valence-electron chi connectivity index (χ1n) is 8.68. The fourth-order valence-electron chi connectivity index (χ4n) is 4.18. The fraction of sp³-hybridized carbons (Fsp3) is 0.450. The first kappa shape index (κ1) is 14.7. The van der Waals surface area contributed by atoms with E-state index in [1.165, 1.54) is 42.5 Å². The molecule has 1 aromatic heterocycles. The molecule has 3 heterocycles. The number of benzene rings is 1.